The molecule has 3 unspecified atom stereocenters. The molecular formula is C19H28N4O6S. The van der Waals surface area contributed by atoms with Crippen LogP contribution in [-0.4, -0.2) is 77.2 Å². The van der Waals surface area contributed by atoms with Crippen LogP contribution in [0.5, 0.6) is 0 Å². The van der Waals surface area contributed by atoms with Gasteiger partial charge in [0, 0.05) is 6.42 Å². The van der Waals surface area contributed by atoms with Crippen molar-refractivity contribution in [2.75, 3.05) is 25.2 Å². The van der Waals surface area contributed by atoms with Gasteiger partial charge in [0.2, 0.25) is 17.7 Å². The average molecular weight is 441 g/mol. The summed E-state index contributed by atoms with van der Waals surface area (Å²) in [6.07, 6.45) is 2.26. The van der Waals surface area contributed by atoms with E-state index in [4.69, 9.17) is 15.9 Å². The van der Waals surface area contributed by atoms with Crippen molar-refractivity contribution in [2.45, 2.75) is 31.0 Å². The molecule has 3 amide bonds. The number of aliphatic hydroxyl groups excluding tert-OH is 1. The zero-order valence-electron chi connectivity index (χ0n) is 16.7. The highest BCUT2D eigenvalue weighted by molar-refractivity contribution is 7.98. The van der Waals surface area contributed by atoms with Crippen molar-refractivity contribution in [3.05, 3.63) is 35.9 Å². The Bertz CT molecular complexity index is 718. The van der Waals surface area contributed by atoms with Crippen LogP contribution in [0.3, 0.4) is 0 Å². The highest BCUT2D eigenvalue weighted by Crippen LogP contribution is 2.06. The number of rotatable bonds is 13. The molecule has 0 aromatic heterocycles. The Labute approximate surface area is 179 Å². The monoisotopic (exact) mass is 440 g/mol. The van der Waals surface area contributed by atoms with Crippen molar-refractivity contribution in [1.29, 1.82) is 0 Å². The summed E-state index contributed by atoms with van der Waals surface area (Å²) in [5.74, 6) is -2.60. The Kier molecular flexibility index (Phi) is 11.5. The van der Waals surface area contributed by atoms with Gasteiger partial charge in [-0.1, -0.05) is 30.3 Å². The van der Waals surface area contributed by atoms with E-state index >= 15 is 0 Å². The minimum absolute atomic E-state index is 0.136. The molecule has 0 saturated carbocycles. The van der Waals surface area contributed by atoms with Gasteiger partial charge in [-0.05, 0) is 24.0 Å². The number of hydrogen-bond donors (Lipinski definition) is 6. The van der Waals surface area contributed by atoms with Gasteiger partial charge in [0.25, 0.3) is 0 Å². The van der Waals surface area contributed by atoms with Crippen molar-refractivity contribution in [1.82, 2.24) is 16.0 Å². The first-order chi connectivity index (χ1) is 14.3. The van der Waals surface area contributed by atoms with E-state index in [0.717, 1.165) is 5.56 Å². The number of carboxylic acids is 1. The minimum atomic E-state index is -1.21. The van der Waals surface area contributed by atoms with Crippen LogP contribution in [0.15, 0.2) is 30.3 Å². The molecule has 0 aliphatic carbocycles. The van der Waals surface area contributed by atoms with Gasteiger partial charge in [-0.25, -0.2) is 0 Å². The molecule has 0 heterocycles. The summed E-state index contributed by atoms with van der Waals surface area (Å²) in [5.41, 5.74) is 6.26. The summed E-state index contributed by atoms with van der Waals surface area (Å²) in [6.45, 7) is -1.16. The smallest absolute Gasteiger partial charge is 0.322 e. The van der Waals surface area contributed by atoms with Crippen molar-refractivity contribution >= 4 is 35.5 Å². The number of carbonyl (C=O) groups excluding carboxylic acids is 3. The second kappa shape index (κ2) is 13.6. The second-order valence-corrected chi connectivity index (χ2v) is 7.48. The lowest BCUT2D eigenvalue weighted by Gasteiger charge is -2.24. The number of aliphatic hydroxyl groups is 1. The Balaban J connectivity index is 2.94. The van der Waals surface area contributed by atoms with E-state index in [-0.39, 0.29) is 12.8 Å². The molecular weight excluding hydrogens is 412 g/mol. The molecule has 0 saturated heterocycles. The summed E-state index contributed by atoms with van der Waals surface area (Å²) in [6, 6.07) is 5.73. The van der Waals surface area contributed by atoms with E-state index in [1.165, 1.54) is 11.8 Å². The summed E-state index contributed by atoms with van der Waals surface area (Å²) < 4.78 is 0. The standard InChI is InChI=1S/C19H28N4O6S/c1-30-8-7-14(22-17(27)13(20)11-24)19(29)23-15(18(28)21-10-16(25)26)9-12-5-3-2-4-6-12/h2-6,13-15,24H,7-11,20H2,1H3,(H,21,28)(H,22,27)(H,23,29)(H,25,26). The number of nitrogens with two attached hydrogens (primary N) is 1. The van der Waals surface area contributed by atoms with Gasteiger partial charge >= 0.3 is 5.97 Å². The average Bonchev–Trinajstić information content (AvgIpc) is 2.74. The largest absolute Gasteiger partial charge is 0.480 e. The Morgan fingerprint density at radius 2 is 1.67 bits per heavy atom. The normalized spacial score (nSPS) is 13.6. The summed E-state index contributed by atoms with van der Waals surface area (Å²) in [4.78, 5) is 48.0. The zero-order chi connectivity index (χ0) is 22.5. The topological polar surface area (TPSA) is 171 Å². The summed E-state index contributed by atoms with van der Waals surface area (Å²) in [7, 11) is 0. The number of amides is 3. The number of nitrogens with one attached hydrogen (secondary N) is 3. The molecule has 0 aliphatic rings. The fraction of sp³-hybridized carbons (Fsp3) is 0.474. The van der Waals surface area contributed by atoms with Gasteiger partial charge in [-0.2, -0.15) is 11.8 Å². The van der Waals surface area contributed by atoms with E-state index in [1.54, 1.807) is 30.3 Å². The fourth-order valence-electron chi connectivity index (χ4n) is 2.48. The van der Waals surface area contributed by atoms with E-state index in [2.05, 4.69) is 16.0 Å². The number of thioether (sulfide) groups is 1. The molecule has 0 spiro atoms. The third-order valence-corrected chi connectivity index (χ3v) is 4.75. The quantitative estimate of drug-likeness (QED) is 0.214. The van der Waals surface area contributed by atoms with Crippen LogP contribution in [0.25, 0.3) is 0 Å². The number of aliphatic carboxylic acids is 1. The molecule has 11 heteroatoms. The van der Waals surface area contributed by atoms with Gasteiger partial charge in [0.05, 0.1) is 6.61 Å². The molecule has 0 fully saturated rings. The van der Waals surface area contributed by atoms with Crippen molar-refractivity contribution in [3.63, 3.8) is 0 Å². The number of hydrogen-bond acceptors (Lipinski definition) is 7. The molecule has 30 heavy (non-hydrogen) atoms. The van der Waals surface area contributed by atoms with E-state index in [1.807, 2.05) is 6.26 Å². The predicted molar refractivity (Wildman–Crippen MR) is 113 cm³/mol. The van der Waals surface area contributed by atoms with E-state index in [9.17, 15) is 19.2 Å². The van der Waals surface area contributed by atoms with Crippen LogP contribution in [0.1, 0.15) is 12.0 Å². The minimum Gasteiger partial charge on any atom is -0.480 e. The first kappa shape index (κ1) is 25.4. The van der Waals surface area contributed by atoms with Gasteiger partial charge < -0.3 is 31.9 Å². The molecule has 166 valence electrons. The van der Waals surface area contributed by atoms with Crippen molar-refractivity contribution in [2.24, 2.45) is 5.73 Å². The molecule has 7 N–H and O–H groups in total. The maximum absolute atomic E-state index is 12.8. The molecule has 0 bridgehead atoms. The van der Waals surface area contributed by atoms with Crippen LogP contribution in [0.4, 0.5) is 0 Å². The van der Waals surface area contributed by atoms with Gasteiger partial charge in [-0.15, -0.1) is 0 Å². The summed E-state index contributed by atoms with van der Waals surface area (Å²) >= 11 is 1.47. The Hall–Kier alpha value is -2.63. The number of carbonyl (C=O) groups is 4. The summed E-state index contributed by atoms with van der Waals surface area (Å²) in [5, 5.41) is 25.2. The van der Waals surface area contributed by atoms with E-state index in [0.29, 0.717) is 5.75 Å². The Morgan fingerprint density at radius 3 is 2.23 bits per heavy atom. The second-order valence-electron chi connectivity index (χ2n) is 6.49. The first-order valence-corrected chi connectivity index (χ1v) is 10.7. The van der Waals surface area contributed by atoms with Crippen LogP contribution >= 0.6 is 11.8 Å². The van der Waals surface area contributed by atoms with Gasteiger partial charge in [0.1, 0.15) is 24.7 Å². The highest BCUT2D eigenvalue weighted by atomic mass is 32.2. The molecule has 1 aromatic carbocycles. The lowest BCUT2D eigenvalue weighted by atomic mass is 10.0. The van der Waals surface area contributed by atoms with Crippen LogP contribution in [-0.2, 0) is 25.6 Å². The van der Waals surface area contributed by atoms with Crippen molar-refractivity contribution in [3.8, 4) is 0 Å². The molecule has 0 radical (unpaired) electrons. The predicted octanol–water partition coefficient (Wildman–Crippen LogP) is -1.53. The van der Waals surface area contributed by atoms with Crippen LogP contribution in [0, 0.1) is 0 Å². The number of benzene rings is 1. The first-order valence-electron chi connectivity index (χ1n) is 9.28. The SMILES string of the molecule is CSCCC(NC(=O)C(N)CO)C(=O)NC(Cc1ccccc1)C(=O)NCC(=O)O. The molecule has 1 rings (SSSR count). The van der Waals surface area contributed by atoms with Crippen LogP contribution < -0.4 is 21.7 Å². The van der Waals surface area contributed by atoms with Crippen molar-refractivity contribution < 1.29 is 29.4 Å². The molecule has 1 aromatic rings. The van der Waals surface area contributed by atoms with E-state index < -0.39 is 55.0 Å². The van der Waals surface area contributed by atoms with Gasteiger partial charge in [0.15, 0.2) is 0 Å². The molecule has 10 nitrogen and oxygen atoms in total. The maximum Gasteiger partial charge on any atom is 0.322 e. The fourth-order valence-corrected chi connectivity index (χ4v) is 2.95. The zero-order valence-corrected chi connectivity index (χ0v) is 17.5. The highest BCUT2D eigenvalue weighted by Gasteiger charge is 2.28. The number of carboxylic acid groups (broad SMARTS) is 1. The van der Waals surface area contributed by atoms with Gasteiger partial charge in [-0.3, -0.25) is 19.2 Å². The Morgan fingerprint density at radius 1 is 1.03 bits per heavy atom. The molecule has 3 atom stereocenters. The third-order valence-electron chi connectivity index (χ3n) is 4.11. The maximum atomic E-state index is 12.8. The lowest BCUT2D eigenvalue weighted by Crippen LogP contribution is -2.57. The van der Waals surface area contributed by atoms with Crippen LogP contribution in [0.2, 0.25) is 0 Å². The third kappa shape index (κ3) is 9.25. The lowest BCUT2D eigenvalue weighted by molar-refractivity contribution is -0.138. The molecule has 0 aliphatic heterocycles.